The van der Waals surface area contributed by atoms with Gasteiger partial charge in [0.05, 0.1) is 11.7 Å². The summed E-state index contributed by atoms with van der Waals surface area (Å²) < 4.78 is 40.5. The molecule has 0 aromatic heterocycles. The molecule has 3 N–H and O–H groups in total. The number of hydrogen-bond acceptors (Lipinski definition) is 4. The van der Waals surface area contributed by atoms with Gasteiger partial charge in [-0.2, -0.15) is 0 Å². The van der Waals surface area contributed by atoms with Gasteiger partial charge in [0.25, 0.3) is 0 Å². The summed E-state index contributed by atoms with van der Waals surface area (Å²) in [6, 6.07) is 2.11. The fourth-order valence-electron chi connectivity index (χ4n) is 2.21. The summed E-state index contributed by atoms with van der Waals surface area (Å²) in [5.74, 6) is -2.46. The molecule has 116 valence electrons. The zero-order chi connectivity index (χ0) is 16.0. The molecule has 0 heterocycles. The highest BCUT2D eigenvalue weighted by Crippen LogP contribution is 2.41. The van der Waals surface area contributed by atoms with Crippen LogP contribution in [0.1, 0.15) is 30.6 Å². The molecule has 1 aromatic rings. The molecular weight excluding hydrogens is 301 g/mol. The third-order valence-corrected chi connectivity index (χ3v) is 5.49. The van der Waals surface area contributed by atoms with E-state index in [1.54, 1.807) is 13.8 Å². The lowest BCUT2D eigenvalue weighted by molar-refractivity contribution is -0.0645. The third kappa shape index (κ3) is 2.78. The van der Waals surface area contributed by atoms with Crippen molar-refractivity contribution in [1.29, 1.82) is 0 Å². The van der Waals surface area contributed by atoms with Gasteiger partial charge in [0.15, 0.2) is 0 Å². The average Bonchev–Trinajstić information content (AvgIpc) is 2.37. The smallest absolute Gasteiger partial charge is 0.335 e. The van der Waals surface area contributed by atoms with Gasteiger partial charge in [-0.1, -0.05) is 13.8 Å². The van der Waals surface area contributed by atoms with Gasteiger partial charge in [-0.05, 0) is 24.6 Å². The lowest BCUT2D eigenvalue weighted by Crippen LogP contribution is -2.61. The predicted molar refractivity (Wildman–Crippen MR) is 71.9 cm³/mol. The van der Waals surface area contributed by atoms with E-state index < -0.39 is 44.3 Å². The van der Waals surface area contributed by atoms with E-state index in [2.05, 4.69) is 4.72 Å². The second-order valence-corrected chi connectivity index (χ2v) is 7.38. The van der Waals surface area contributed by atoms with Crippen LogP contribution < -0.4 is 4.72 Å². The quantitative estimate of drug-likeness (QED) is 0.767. The molecule has 21 heavy (non-hydrogen) atoms. The van der Waals surface area contributed by atoms with Gasteiger partial charge in [0.2, 0.25) is 10.0 Å². The minimum absolute atomic E-state index is 0.251. The Morgan fingerprint density at radius 3 is 2.48 bits per heavy atom. The third-order valence-electron chi connectivity index (χ3n) is 3.98. The molecule has 1 aromatic carbocycles. The van der Waals surface area contributed by atoms with Crippen LogP contribution in [0.3, 0.4) is 0 Å². The number of sulfonamides is 1. The average molecular weight is 317 g/mol. The van der Waals surface area contributed by atoms with Crippen LogP contribution in [-0.2, 0) is 10.0 Å². The van der Waals surface area contributed by atoms with Crippen molar-refractivity contribution in [3.05, 3.63) is 29.6 Å². The van der Waals surface area contributed by atoms with Gasteiger partial charge >= 0.3 is 5.97 Å². The first-order chi connectivity index (χ1) is 9.55. The van der Waals surface area contributed by atoms with Crippen LogP contribution in [0.2, 0.25) is 0 Å². The van der Waals surface area contributed by atoms with E-state index >= 15 is 0 Å². The van der Waals surface area contributed by atoms with Crippen molar-refractivity contribution in [2.45, 2.75) is 37.3 Å². The molecule has 0 spiro atoms. The van der Waals surface area contributed by atoms with Crippen molar-refractivity contribution in [2.75, 3.05) is 0 Å². The Balaban J connectivity index is 2.27. The van der Waals surface area contributed by atoms with Crippen LogP contribution >= 0.6 is 0 Å². The Morgan fingerprint density at radius 2 is 2.05 bits per heavy atom. The fourth-order valence-corrected chi connectivity index (χ4v) is 3.67. The van der Waals surface area contributed by atoms with Crippen molar-refractivity contribution in [2.24, 2.45) is 5.41 Å². The Labute approximate surface area is 121 Å². The van der Waals surface area contributed by atoms with Gasteiger partial charge in [0.1, 0.15) is 10.7 Å². The topological polar surface area (TPSA) is 104 Å². The van der Waals surface area contributed by atoms with E-state index in [1.807, 2.05) is 0 Å². The molecular formula is C13H16FNO5S. The first-order valence-electron chi connectivity index (χ1n) is 6.29. The highest BCUT2D eigenvalue weighted by molar-refractivity contribution is 7.89. The lowest BCUT2D eigenvalue weighted by atomic mass is 9.65. The van der Waals surface area contributed by atoms with Crippen molar-refractivity contribution >= 4 is 16.0 Å². The van der Waals surface area contributed by atoms with E-state index in [1.165, 1.54) is 0 Å². The molecule has 8 heteroatoms. The van der Waals surface area contributed by atoms with Crippen molar-refractivity contribution in [3.63, 3.8) is 0 Å². The standard InChI is InChI=1S/C13H16FNO5S/c1-13(2)10(6-11(13)16)15-21(19,20)9-4-3-7(12(17)18)5-8(9)14/h3-5,10-11,15-16H,6H2,1-2H3,(H,17,18). The number of nitrogens with one attached hydrogen (secondary N) is 1. The number of rotatable bonds is 4. The van der Waals surface area contributed by atoms with Crippen molar-refractivity contribution in [3.8, 4) is 0 Å². The molecule has 2 atom stereocenters. The lowest BCUT2D eigenvalue weighted by Gasteiger charge is -2.49. The summed E-state index contributed by atoms with van der Waals surface area (Å²) in [6.45, 7) is 3.41. The Morgan fingerprint density at radius 1 is 1.43 bits per heavy atom. The van der Waals surface area contributed by atoms with Crippen molar-refractivity contribution in [1.82, 2.24) is 4.72 Å². The number of carbonyl (C=O) groups is 1. The first-order valence-corrected chi connectivity index (χ1v) is 7.77. The number of benzene rings is 1. The zero-order valence-electron chi connectivity index (χ0n) is 11.5. The summed E-state index contributed by atoms with van der Waals surface area (Å²) in [5, 5.41) is 18.3. The molecule has 1 saturated carbocycles. The van der Waals surface area contributed by atoms with E-state index in [4.69, 9.17) is 5.11 Å². The number of aromatic carboxylic acids is 1. The van der Waals surface area contributed by atoms with E-state index in [9.17, 15) is 22.7 Å². The van der Waals surface area contributed by atoms with Gasteiger partial charge in [0, 0.05) is 11.5 Å². The second kappa shape index (κ2) is 5.04. The Hall–Kier alpha value is -1.51. The van der Waals surface area contributed by atoms with Crippen LogP contribution in [-0.4, -0.2) is 36.7 Å². The summed E-state index contributed by atoms with van der Waals surface area (Å²) in [4.78, 5) is 10.1. The number of carboxylic acids is 1. The van der Waals surface area contributed by atoms with Crippen LogP contribution in [0.25, 0.3) is 0 Å². The minimum atomic E-state index is -4.12. The Kier molecular flexibility index (Phi) is 3.81. The van der Waals surface area contributed by atoms with Crippen LogP contribution in [0.5, 0.6) is 0 Å². The van der Waals surface area contributed by atoms with Crippen molar-refractivity contribution < 1.29 is 27.8 Å². The normalized spacial score (nSPS) is 24.4. The predicted octanol–water partition coefficient (Wildman–Crippen LogP) is 0.962. The number of halogens is 1. The first kappa shape index (κ1) is 15.9. The molecule has 0 bridgehead atoms. The molecule has 1 aliphatic rings. The number of carboxylic acid groups (broad SMARTS) is 1. The van der Waals surface area contributed by atoms with Gasteiger partial charge in [-0.25, -0.2) is 22.3 Å². The summed E-state index contributed by atoms with van der Waals surface area (Å²) in [7, 11) is -4.12. The maximum Gasteiger partial charge on any atom is 0.335 e. The summed E-state index contributed by atoms with van der Waals surface area (Å²) >= 11 is 0. The highest BCUT2D eigenvalue weighted by atomic mass is 32.2. The highest BCUT2D eigenvalue weighted by Gasteiger charge is 2.49. The van der Waals surface area contributed by atoms with Crippen LogP contribution in [0, 0.1) is 11.2 Å². The molecule has 2 unspecified atom stereocenters. The maximum atomic E-state index is 13.8. The molecule has 0 aliphatic heterocycles. The summed E-state index contributed by atoms with van der Waals surface area (Å²) in [6.07, 6.45) is -0.370. The van der Waals surface area contributed by atoms with Crippen LogP contribution in [0.15, 0.2) is 23.1 Å². The molecule has 1 fully saturated rings. The molecule has 0 amide bonds. The fraction of sp³-hybridized carbons (Fsp3) is 0.462. The second-order valence-electron chi connectivity index (χ2n) is 5.70. The SMILES string of the molecule is CC1(C)C(O)CC1NS(=O)(=O)c1ccc(C(=O)O)cc1F. The Bertz CT molecular complexity index is 686. The number of aliphatic hydroxyl groups excluding tert-OH is 1. The van der Waals surface area contributed by atoms with E-state index in [0.717, 1.165) is 12.1 Å². The summed E-state index contributed by atoms with van der Waals surface area (Å²) in [5.41, 5.74) is -0.962. The van der Waals surface area contributed by atoms with Gasteiger partial charge in [-0.15, -0.1) is 0 Å². The molecule has 2 rings (SSSR count). The van der Waals surface area contributed by atoms with E-state index in [-0.39, 0.29) is 12.0 Å². The monoisotopic (exact) mass is 317 g/mol. The molecule has 1 aliphatic carbocycles. The molecule has 0 radical (unpaired) electrons. The molecule has 0 saturated heterocycles. The number of hydrogen-bond donors (Lipinski definition) is 3. The number of aliphatic hydroxyl groups is 1. The van der Waals surface area contributed by atoms with E-state index in [0.29, 0.717) is 6.07 Å². The largest absolute Gasteiger partial charge is 0.478 e. The van der Waals surface area contributed by atoms with Crippen LogP contribution in [0.4, 0.5) is 4.39 Å². The zero-order valence-corrected chi connectivity index (χ0v) is 12.3. The van der Waals surface area contributed by atoms with Gasteiger partial charge in [-0.3, -0.25) is 0 Å². The minimum Gasteiger partial charge on any atom is -0.478 e. The molecule has 6 nitrogen and oxygen atoms in total. The van der Waals surface area contributed by atoms with Gasteiger partial charge < -0.3 is 10.2 Å². The maximum absolute atomic E-state index is 13.8.